The zero-order chi connectivity index (χ0) is 20.4. The number of benzene rings is 1. The van der Waals surface area contributed by atoms with Gasteiger partial charge in [-0.1, -0.05) is 64.0 Å². The number of nitrogens with zero attached hydrogens (tertiary/aromatic N) is 1. The second-order valence-corrected chi connectivity index (χ2v) is 8.95. The molecule has 6 heteroatoms. The van der Waals surface area contributed by atoms with Crippen LogP contribution in [-0.2, 0) is 10.6 Å². The predicted octanol–water partition coefficient (Wildman–Crippen LogP) is 6.55. The molecule has 0 N–H and O–H groups in total. The van der Waals surface area contributed by atoms with Gasteiger partial charge in [0.15, 0.2) is 11.5 Å². The number of rotatable bonds is 12. The molecule has 0 aromatic heterocycles. The molecule has 0 unspecified atom stereocenters. The molecule has 1 aliphatic heterocycles. The van der Waals surface area contributed by atoms with Crippen LogP contribution in [0.4, 0.5) is 4.79 Å². The number of para-hydroxylation sites is 1. The van der Waals surface area contributed by atoms with Crippen LogP contribution in [0.5, 0.6) is 11.5 Å². The third kappa shape index (κ3) is 7.55. The van der Waals surface area contributed by atoms with Crippen molar-refractivity contribution < 1.29 is 18.5 Å². The maximum absolute atomic E-state index is 12.3. The van der Waals surface area contributed by atoms with Gasteiger partial charge in [0.2, 0.25) is 0 Å². The van der Waals surface area contributed by atoms with E-state index in [1.807, 2.05) is 26.0 Å². The molecule has 5 nitrogen and oxygen atoms in total. The third-order valence-corrected chi connectivity index (χ3v) is 5.40. The molecule has 0 bridgehead atoms. The summed E-state index contributed by atoms with van der Waals surface area (Å²) in [4.78, 5) is 12.3. The number of hydrogen-bond acceptors (Lipinski definition) is 5. The predicted molar refractivity (Wildman–Crippen MR) is 115 cm³/mol. The summed E-state index contributed by atoms with van der Waals surface area (Å²) in [7, 11) is 1.65. The van der Waals surface area contributed by atoms with Crippen LogP contribution in [0, 0.1) is 0 Å². The van der Waals surface area contributed by atoms with Gasteiger partial charge < -0.3 is 9.47 Å². The van der Waals surface area contributed by atoms with E-state index in [1.54, 1.807) is 13.1 Å². The van der Waals surface area contributed by atoms with Crippen molar-refractivity contribution in [3.05, 3.63) is 23.8 Å². The van der Waals surface area contributed by atoms with Crippen molar-refractivity contribution in [3.63, 3.8) is 0 Å². The molecule has 158 valence electrons. The highest BCUT2D eigenvalue weighted by Gasteiger charge is 2.33. The molecule has 1 aromatic rings. The summed E-state index contributed by atoms with van der Waals surface area (Å²) in [6.07, 6.45) is 10.4. The summed E-state index contributed by atoms with van der Waals surface area (Å²) in [6.45, 7) is 6.93. The van der Waals surface area contributed by atoms with Crippen LogP contribution in [0.3, 0.4) is 0 Å². The van der Waals surface area contributed by atoms with Crippen molar-refractivity contribution >= 4 is 18.3 Å². The van der Waals surface area contributed by atoms with E-state index in [4.69, 9.17) is 13.7 Å². The maximum atomic E-state index is 12.3. The van der Waals surface area contributed by atoms with Gasteiger partial charge in [0.1, 0.15) is 17.8 Å². The lowest BCUT2D eigenvalue weighted by molar-refractivity contribution is 0.131. The standard InChI is InChI=1S/C22H35NO4S/c1-5-6-7-8-9-10-11-12-16-25-28-23(4)21(24)26-19-15-13-14-18-17-22(2,3)27-20(18)19/h13-15H,5-12,16-17H2,1-4H3. The number of hydrogen-bond donors (Lipinski definition) is 0. The molecule has 1 aliphatic rings. The van der Waals surface area contributed by atoms with E-state index in [0.717, 1.165) is 30.6 Å². The van der Waals surface area contributed by atoms with Gasteiger partial charge >= 0.3 is 6.09 Å². The Morgan fingerprint density at radius 1 is 1.14 bits per heavy atom. The van der Waals surface area contributed by atoms with Crippen molar-refractivity contribution in [3.8, 4) is 11.5 Å². The van der Waals surface area contributed by atoms with Crippen molar-refractivity contribution in [2.45, 2.75) is 84.2 Å². The highest BCUT2D eigenvalue weighted by atomic mass is 32.2. The summed E-state index contributed by atoms with van der Waals surface area (Å²) < 4.78 is 18.4. The fraction of sp³-hybridized carbons (Fsp3) is 0.682. The Hall–Kier alpha value is -1.40. The lowest BCUT2D eigenvalue weighted by Crippen LogP contribution is -2.26. The minimum Gasteiger partial charge on any atom is -0.483 e. The average Bonchev–Trinajstić information content (AvgIpc) is 2.98. The van der Waals surface area contributed by atoms with Crippen molar-refractivity contribution in [2.75, 3.05) is 13.7 Å². The minimum atomic E-state index is -0.470. The fourth-order valence-electron chi connectivity index (χ4n) is 3.27. The molecule has 1 heterocycles. The van der Waals surface area contributed by atoms with Crippen molar-refractivity contribution in [2.24, 2.45) is 0 Å². The van der Waals surface area contributed by atoms with Crippen molar-refractivity contribution in [1.29, 1.82) is 0 Å². The topological polar surface area (TPSA) is 48.0 Å². The molecule has 0 aliphatic carbocycles. The quantitative estimate of drug-likeness (QED) is 0.222. The molecule has 28 heavy (non-hydrogen) atoms. The Morgan fingerprint density at radius 2 is 1.82 bits per heavy atom. The fourth-order valence-corrected chi connectivity index (χ4v) is 3.72. The zero-order valence-corrected chi connectivity index (χ0v) is 18.6. The van der Waals surface area contributed by atoms with E-state index in [9.17, 15) is 4.79 Å². The van der Waals surface area contributed by atoms with Crippen LogP contribution in [0.25, 0.3) is 0 Å². The molecule has 0 saturated heterocycles. The smallest absolute Gasteiger partial charge is 0.426 e. The van der Waals surface area contributed by atoms with Gasteiger partial charge in [-0.05, 0) is 26.3 Å². The monoisotopic (exact) mass is 409 g/mol. The Balaban J connectivity index is 1.62. The Morgan fingerprint density at radius 3 is 2.54 bits per heavy atom. The van der Waals surface area contributed by atoms with Gasteiger partial charge in [0.05, 0.1) is 6.61 Å². The highest BCUT2D eigenvalue weighted by Crippen LogP contribution is 2.42. The van der Waals surface area contributed by atoms with Gasteiger partial charge in [-0.15, -0.1) is 0 Å². The number of amides is 1. The molecule has 0 radical (unpaired) electrons. The van der Waals surface area contributed by atoms with Gasteiger partial charge in [0, 0.05) is 19.0 Å². The summed E-state index contributed by atoms with van der Waals surface area (Å²) in [5.41, 5.74) is 0.793. The van der Waals surface area contributed by atoms with Crippen LogP contribution in [-0.4, -0.2) is 29.7 Å². The molecule has 2 rings (SSSR count). The van der Waals surface area contributed by atoms with Gasteiger partial charge in [-0.2, -0.15) is 0 Å². The first-order chi connectivity index (χ1) is 13.4. The van der Waals surface area contributed by atoms with Gasteiger partial charge in [-0.25, -0.2) is 9.10 Å². The summed E-state index contributed by atoms with van der Waals surface area (Å²) >= 11 is 1.03. The lowest BCUT2D eigenvalue weighted by Gasteiger charge is -2.19. The maximum Gasteiger partial charge on any atom is 0.426 e. The second kappa shape index (κ2) is 11.6. The number of carbonyl (C=O) groups excluding carboxylic acids is 1. The van der Waals surface area contributed by atoms with Crippen LogP contribution < -0.4 is 9.47 Å². The van der Waals surface area contributed by atoms with Gasteiger partial charge in [-0.3, -0.25) is 4.18 Å². The number of ether oxygens (including phenoxy) is 2. The second-order valence-electron chi connectivity index (χ2n) is 8.02. The van der Waals surface area contributed by atoms with Gasteiger partial charge in [0.25, 0.3) is 0 Å². The minimum absolute atomic E-state index is 0.273. The van der Waals surface area contributed by atoms with Crippen LogP contribution >= 0.6 is 12.2 Å². The first kappa shape index (κ1) is 22.9. The Labute approximate surface area is 174 Å². The van der Waals surface area contributed by atoms with E-state index in [1.165, 1.54) is 49.3 Å². The van der Waals surface area contributed by atoms with Crippen LogP contribution in [0.2, 0.25) is 0 Å². The SMILES string of the molecule is CCCCCCCCCCOSN(C)C(=O)Oc1cccc2c1OC(C)(C)C2. The first-order valence-corrected chi connectivity index (χ1v) is 11.2. The first-order valence-electron chi connectivity index (χ1n) is 10.5. The summed E-state index contributed by atoms with van der Waals surface area (Å²) in [5.74, 6) is 1.13. The largest absolute Gasteiger partial charge is 0.483 e. The summed E-state index contributed by atoms with van der Waals surface area (Å²) in [6, 6.07) is 5.66. The molecule has 0 spiro atoms. The Kier molecular flexibility index (Phi) is 9.45. The molecule has 0 saturated carbocycles. The normalized spacial score (nSPS) is 14.4. The van der Waals surface area contributed by atoms with Crippen LogP contribution in [0.15, 0.2) is 18.2 Å². The van der Waals surface area contributed by atoms with Crippen LogP contribution in [0.1, 0.15) is 77.7 Å². The zero-order valence-electron chi connectivity index (χ0n) is 17.8. The van der Waals surface area contributed by atoms with E-state index in [2.05, 4.69) is 6.92 Å². The molecule has 0 atom stereocenters. The number of unbranched alkanes of at least 4 members (excludes halogenated alkanes) is 7. The third-order valence-electron chi connectivity index (χ3n) is 4.76. The van der Waals surface area contributed by atoms with E-state index >= 15 is 0 Å². The molecular weight excluding hydrogens is 374 g/mol. The summed E-state index contributed by atoms with van der Waals surface area (Å²) in [5, 5.41) is 0. The number of fused-ring (bicyclic) bond motifs is 1. The van der Waals surface area contributed by atoms with E-state index in [-0.39, 0.29) is 5.60 Å². The molecule has 1 amide bonds. The van der Waals surface area contributed by atoms with E-state index < -0.39 is 6.09 Å². The highest BCUT2D eigenvalue weighted by molar-refractivity contribution is 7.92. The molecular formula is C22H35NO4S. The molecule has 1 aromatic carbocycles. The average molecular weight is 410 g/mol. The Bertz CT molecular complexity index is 621. The van der Waals surface area contributed by atoms with E-state index in [0.29, 0.717) is 18.1 Å². The number of carbonyl (C=O) groups is 1. The lowest BCUT2D eigenvalue weighted by atomic mass is 10.0. The molecule has 0 fully saturated rings. The van der Waals surface area contributed by atoms with Crippen molar-refractivity contribution in [1.82, 2.24) is 4.31 Å².